The Balaban J connectivity index is 2.82. The summed E-state index contributed by atoms with van der Waals surface area (Å²) >= 11 is 3.42. The molecule has 0 fully saturated rings. The summed E-state index contributed by atoms with van der Waals surface area (Å²) < 4.78 is 1.14. The summed E-state index contributed by atoms with van der Waals surface area (Å²) in [7, 11) is 4.18. The Morgan fingerprint density at radius 3 is 2.08 bits per heavy atom. The minimum atomic E-state index is 0.484. The van der Waals surface area contributed by atoms with Gasteiger partial charge in [-0.1, -0.05) is 28.1 Å². The van der Waals surface area contributed by atoms with Gasteiger partial charge < -0.3 is 4.90 Å². The van der Waals surface area contributed by atoms with Crippen molar-refractivity contribution in [2.45, 2.75) is 13.0 Å². The van der Waals surface area contributed by atoms with E-state index in [0.717, 1.165) is 4.47 Å². The molecule has 1 nitrogen and oxygen atoms in total. The summed E-state index contributed by atoms with van der Waals surface area (Å²) in [6, 6.07) is 8.94. The summed E-state index contributed by atoms with van der Waals surface area (Å²) in [5.41, 5.74) is 1.35. The zero-order chi connectivity index (χ0) is 9.14. The molecule has 2 heteroatoms. The molecule has 0 heterocycles. The van der Waals surface area contributed by atoms with E-state index in [1.807, 2.05) is 0 Å². The Morgan fingerprint density at radius 2 is 1.67 bits per heavy atom. The minimum Gasteiger partial charge on any atom is -0.303 e. The Labute approximate surface area is 82.5 Å². The largest absolute Gasteiger partial charge is 0.303 e. The molecule has 0 saturated heterocycles. The first-order valence-electron chi connectivity index (χ1n) is 4.03. The van der Waals surface area contributed by atoms with Crippen LogP contribution in [0.2, 0.25) is 0 Å². The van der Waals surface area contributed by atoms with Gasteiger partial charge in [0.05, 0.1) is 0 Å². The molecule has 1 rings (SSSR count). The monoisotopic (exact) mass is 227 g/mol. The molecule has 0 spiro atoms. The van der Waals surface area contributed by atoms with Crippen LogP contribution in [0.15, 0.2) is 28.7 Å². The average Bonchev–Trinajstić information content (AvgIpc) is 2.04. The number of hydrogen-bond acceptors (Lipinski definition) is 1. The molecule has 0 radical (unpaired) electrons. The van der Waals surface area contributed by atoms with E-state index >= 15 is 0 Å². The highest BCUT2D eigenvalue weighted by atomic mass is 79.9. The lowest BCUT2D eigenvalue weighted by atomic mass is 10.1. The smallest absolute Gasteiger partial charge is 0.0313 e. The second-order valence-corrected chi connectivity index (χ2v) is 4.11. The fourth-order valence-corrected chi connectivity index (χ4v) is 1.30. The molecule has 0 aliphatic rings. The maximum atomic E-state index is 3.42. The van der Waals surface area contributed by atoms with Crippen LogP contribution in [0.1, 0.15) is 18.5 Å². The standard InChI is InChI=1S/C10H14BrN/c1-8(12(2)3)9-4-6-10(11)7-5-9/h4-8H,1-3H3/t8-/m1/s1. The van der Waals surface area contributed by atoms with E-state index in [9.17, 15) is 0 Å². The van der Waals surface area contributed by atoms with Crippen molar-refractivity contribution in [1.29, 1.82) is 0 Å². The van der Waals surface area contributed by atoms with Crippen LogP contribution in [-0.2, 0) is 0 Å². The van der Waals surface area contributed by atoms with Crippen LogP contribution in [0, 0.1) is 0 Å². The number of benzene rings is 1. The van der Waals surface area contributed by atoms with E-state index in [0.29, 0.717) is 6.04 Å². The van der Waals surface area contributed by atoms with Gasteiger partial charge in [-0.2, -0.15) is 0 Å². The first-order chi connectivity index (χ1) is 5.61. The third-order valence-electron chi connectivity index (χ3n) is 2.13. The SMILES string of the molecule is C[C@H](c1ccc(Br)cc1)N(C)C. The van der Waals surface area contributed by atoms with Crippen LogP contribution in [0.5, 0.6) is 0 Å². The molecular weight excluding hydrogens is 214 g/mol. The van der Waals surface area contributed by atoms with E-state index in [-0.39, 0.29) is 0 Å². The second-order valence-electron chi connectivity index (χ2n) is 3.19. The second kappa shape index (κ2) is 4.06. The maximum absolute atomic E-state index is 3.42. The number of halogens is 1. The van der Waals surface area contributed by atoms with Crippen LogP contribution < -0.4 is 0 Å². The van der Waals surface area contributed by atoms with Gasteiger partial charge in [0.1, 0.15) is 0 Å². The quantitative estimate of drug-likeness (QED) is 0.751. The van der Waals surface area contributed by atoms with Crippen molar-refractivity contribution in [3.8, 4) is 0 Å². The molecule has 0 saturated carbocycles. The Bertz CT molecular complexity index is 241. The third kappa shape index (κ3) is 2.32. The van der Waals surface area contributed by atoms with Crippen LogP contribution in [0.25, 0.3) is 0 Å². The molecule has 0 aliphatic carbocycles. The maximum Gasteiger partial charge on any atom is 0.0313 e. The van der Waals surface area contributed by atoms with Gasteiger partial charge in [-0.25, -0.2) is 0 Å². The van der Waals surface area contributed by atoms with Gasteiger partial charge in [0.2, 0.25) is 0 Å². The summed E-state index contributed by atoms with van der Waals surface area (Å²) in [5.74, 6) is 0. The van der Waals surface area contributed by atoms with Crippen molar-refractivity contribution >= 4 is 15.9 Å². The lowest BCUT2D eigenvalue weighted by molar-refractivity contribution is 0.321. The number of hydrogen-bond donors (Lipinski definition) is 0. The van der Waals surface area contributed by atoms with E-state index in [4.69, 9.17) is 0 Å². The Hall–Kier alpha value is -0.340. The van der Waals surface area contributed by atoms with E-state index in [2.05, 4.69) is 66.1 Å². The minimum absolute atomic E-state index is 0.484. The fourth-order valence-electron chi connectivity index (χ4n) is 1.04. The van der Waals surface area contributed by atoms with Crippen LogP contribution >= 0.6 is 15.9 Å². The molecule has 0 aliphatic heterocycles. The highest BCUT2D eigenvalue weighted by Crippen LogP contribution is 2.19. The molecule has 1 aromatic rings. The van der Waals surface area contributed by atoms with Gasteiger partial charge in [-0.15, -0.1) is 0 Å². The molecule has 12 heavy (non-hydrogen) atoms. The lowest BCUT2D eigenvalue weighted by Gasteiger charge is -2.19. The zero-order valence-corrected chi connectivity index (χ0v) is 9.30. The molecule has 0 aromatic heterocycles. The van der Waals surface area contributed by atoms with E-state index in [1.54, 1.807) is 0 Å². The average molecular weight is 228 g/mol. The van der Waals surface area contributed by atoms with Crippen LogP contribution in [0.4, 0.5) is 0 Å². The molecule has 1 aromatic carbocycles. The molecule has 1 atom stereocenters. The molecule has 66 valence electrons. The van der Waals surface area contributed by atoms with Gasteiger partial charge in [0.25, 0.3) is 0 Å². The number of nitrogens with zero attached hydrogens (tertiary/aromatic N) is 1. The first-order valence-corrected chi connectivity index (χ1v) is 4.82. The molecule has 0 unspecified atom stereocenters. The van der Waals surface area contributed by atoms with Gasteiger partial charge in [0, 0.05) is 10.5 Å². The van der Waals surface area contributed by atoms with E-state index < -0.39 is 0 Å². The number of rotatable bonds is 2. The third-order valence-corrected chi connectivity index (χ3v) is 2.66. The summed E-state index contributed by atoms with van der Waals surface area (Å²) in [6.45, 7) is 2.20. The normalized spacial score (nSPS) is 13.4. The van der Waals surface area contributed by atoms with Gasteiger partial charge >= 0.3 is 0 Å². The Morgan fingerprint density at radius 1 is 1.17 bits per heavy atom. The van der Waals surface area contributed by atoms with Gasteiger partial charge in [0.15, 0.2) is 0 Å². The molecule has 0 amide bonds. The van der Waals surface area contributed by atoms with Crippen molar-refractivity contribution in [2.24, 2.45) is 0 Å². The fraction of sp³-hybridized carbons (Fsp3) is 0.400. The summed E-state index contributed by atoms with van der Waals surface area (Å²) in [6.07, 6.45) is 0. The molecule has 0 N–H and O–H groups in total. The predicted octanol–water partition coefficient (Wildman–Crippen LogP) is 3.07. The zero-order valence-electron chi connectivity index (χ0n) is 7.71. The topological polar surface area (TPSA) is 3.24 Å². The highest BCUT2D eigenvalue weighted by molar-refractivity contribution is 9.10. The molecule has 0 bridgehead atoms. The predicted molar refractivity (Wildman–Crippen MR) is 56.2 cm³/mol. The van der Waals surface area contributed by atoms with Crippen molar-refractivity contribution < 1.29 is 0 Å². The lowest BCUT2D eigenvalue weighted by Crippen LogP contribution is -2.16. The molecular formula is C10H14BrN. The van der Waals surface area contributed by atoms with Crippen molar-refractivity contribution in [3.05, 3.63) is 34.3 Å². The van der Waals surface area contributed by atoms with Crippen molar-refractivity contribution in [3.63, 3.8) is 0 Å². The Kier molecular flexibility index (Phi) is 3.29. The summed E-state index contributed by atoms with van der Waals surface area (Å²) in [5, 5.41) is 0. The van der Waals surface area contributed by atoms with Crippen molar-refractivity contribution in [1.82, 2.24) is 4.90 Å². The van der Waals surface area contributed by atoms with Crippen LogP contribution in [0.3, 0.4) is 0 Å². The van der Waals surface area contributed by atoms with E-state index in [1.165, 1.54) is 5.56 Å². The van der Waals surface area contributed by atoms with Crippen molar-refractivity contribution in [2.75, 3.05) is 14.1 Å². The first kappa shape index (κ1) is 9.75. The van der Waals surface area contributed by atoms with Crippen LogP contribution in [-0.4, -0.2) is 19.0 Å². The highest BCUT2D eigenvalue weighted by Gasteiger charge is 2.05. The van der Waals surface area contributed by atoms with Gasteiger partial charge in [-0.3, -0.25) is 0 Å². The van der Waals surface area contributed by atoms with Gasteiger partial charge in [-0.05, 0) is 38.7 Å². The summed E-state index contributed by atoms with van der Waals surface area (Å²) in [4.78, 5) is 2.20.